The van der Waals surface area contributed by atoms with Gasteiger partial charge in [0.1, 0.15) is 12.4 Å². The third kappa shape index (κ3) is 6.55. The van der Waals surface area contributed by atoms with E-state index in [4.69, 9.17) is 0 Å². The van der Waals surface area contributed by atoms with Gasteiger partial charge in [-0.05, 0) is 43.5 Å². The van der Waals surface area contributed by atoms with Crippen molar-refractivity contribution in [2.75, 3.05) is 0 Å². The summed E-state index contributed by atoms with van der Waals surface area (Å²) in [6.45, 7) is -0.477. The maximum Gasteiger partial charge on any atom is 0.416 e. The van der Waals surface area contributed by atoms with E-state index in [1.807, 2.05) is 0 Å². The fourth-order valence-electron chi connectivity index (χ4n) is 4.00. The lowest BCUT2D eigenvalue weighted by Gasteiger charge is -2.19. The van der Waals surface area contributed by atoms with Gasteiger partial charge in [0.15, 0.2) is 0 Å². The van der Waals surface area contributed by atoms with Gasteiger partial charge < -0.3 is 5.32 Å². The summed E-state index contributed by atoms with van der Waals surface area (Å²) in [6.07, 6.45) is -7.86. The normalized spacial score (nSPS) is 14.9. The molecule has 1 aliphatic rings. The minimum atomic E-state index is -4.56. The minimum absolute atomic E-state index is 0.00420. The Bertz CT molecular complexity index is 1310. The molecule has 2 aromatic heterocycles. The zero-order valence-electron chi connectivity index (χ0n) is 19.4. The molecule has 0 spiro atoms. The van der Waals surface area contributed by atoms with E-state index in [2.05, 4.69) is 15.3 Å². The molecule has 196 valence electrons. The van der Waals surface area contributed by atoms with E-state index < -0.39 is 47.9 Å². The van der Waals surface area contributed by atoms with Crippen molar-refractivity contribution in [3.05, 3.63) is 82.2 Å². The predicted molar refractivity (Wildman–Crippen MR) is 121 cm³/mol. The van der Waals surface area contributed by atoms with Crippen LogP contribution in [0.3, 0.4) is 0 Å². The van der Waals surface area contributed by atoms with Gasteiger partial charge in [0.05, 0.1) is 22.5 Å². The summed E-state index contributed by atoms with van der Waals surface area (Å²) in [4.78, 5) is 34.3. The molecule has 1 aromatic carbocycles. The number of amides is 1. The maximum atomic E-state index is 12.9. The van der Waals surface area contributed by atoms with E-state index in [-0.39, 0.29) is 29.9 Å². The summed E-state index contributed by atoms with van der Waals surface area (Å²) in [5.74, 6) is -0.601. The average molecular weight is 524 g/mol. The van der Waals surface area contributed by atoms with E-state index in [9.17, 15) is 35.9 Å². The van der Waals surface area contributed by atoms with Crippen LogP contribution in [0.2, 0.25) is 0 Å². The van der Waals surface area contributed by atoms with Crippen LogP contribution in [0, 0.1) is 0 Å². The quantitative estimate of drug-likeness (QED) is 0.420. The molecular weight excluding hydrogens is 502 g/mol. The van der Waals surface area contributed by atoms with Crippen LogP contribution in [0.1, 0.15) is 42.8 Å². The van der Waals surface area contributed by atoms with Gasteiger partial charge in [-0.3, -0.25) is 19.1 Å². The fourth-order valence-corrected chi connectivity index (χ4v) is 4.00. The Morgan fingerprint density at radius 1 is 1.03 bits per heavy atom. The largest absolute Gasteiger partial charge is 0.416 e. The van der Waals surface area contributed by atoms with Crippen LogP contribution in [0.4, 0.5) is 26.3 Å². The Labute approximate surface area is 207 Å². The molecule has 1 aliphatic carbocycles. The Hall–Kier alpha value is -3.70. The number of benzene rings is 1. The maximum absolute atomic E-state index is 12.9. The predicted octanol–water partition coefficient (Wildman–Crippen LogP) is 5.01. The number of aryl methyl sites for hydroxylation is 1. The molecular formula is C25H22F6N4O2. The molecule has 1 N–H and O–H groups in total. The average Bonchev–Trinajstić information content (AvgIpc) is 3.61. The van der Waals surface area contributed by atoms with Crippen molar-refractivity contribution in [1.29, 1.82) is 0 Å². The molecule has 37 heavy (non-hydrogen) atoms. The highest BCUT2D eigenvalue weighted by atomic mass is 19.4. The zero-order valence-corrected chi connectivity index (χ0v) is 19.4. The lowest BCUT2D eigenvalue weighted by molar-refractivity contribution is -0.137. The van der Waals surface area contributed by atoms with Crippen LogP contribution in [-0.2, 0) is 29.5 Å². The number of hydrogen-bond donors (Lipinski definition) is 1. The third-order valence-electron chi connectivity index (χ3n) is 6.04. The summed E-state index contributed by atoms with van der Waals surface area (Å²) in [6, 6.07) is 10.2. The highest BCUT2D eigenvalue weighted by Gasteiger charge is 2.47. The number of alkyl halides is 6. The highest BCUT2D eigenvalue weighted by Crippen LogP contribution is 2.44. The molecule has 1 fully saturated rings. The molecule has 0 atom stereocenters. The number of nitrogens with zero attached hydrogens (tertiary/aromatic N) is 3. The molecule has 4 rings (SSSR count). The fraction of sp³-hybridized carbons (Fsp3) is 0.360. The monoisotopic (exact) mass is 524 g/mol. The number of halogens is 6. The van der Waals surface area contributed by atoms with Crippen LogP contribution in [0.5, 0.6) is 0 Å². The van der Waals surface area contributed by atoms with Gasteiger partial charge in [0, 0.05) is 30.7 Å². The van der Waals surface area contributed by atoms with Crippen LogP contribution < -0.4 is 10.9 Å². The van der Waals surface area contributed by atoms with Crippen molar-refractivity contribution < 1.29 is 31.1 Å². The molecule has 0 unspecified atom stereocenters. The van der Waals surface area contributed by atoms with Gasteiger partial charge in [-0.1, -0.05) is 18.2 Å². The van der Waals surface area contributed by atoms with E-state index in [0.29, 0.717) is 18.5 Å². The lowest BCUT2D eigenvalue weighted by atomic mass is 10.1. The topological polar surface area (TPSA) is 76.9 Å². The van der Waals surface area contributed by atoms with E-state index in [1.165, 1.54) is 0 Å². The highest BCUT2D eigenvalue weighted by molar-refractivity contribution is 5.77. The molecule has 0 saturated heterocycles. The molecule has 1 saturated carbocycles. The van der Waals surface area contributed by atoms with Crippen LogP contribution >= 0.6 is 0 Å². The van der Waals surface area contributed by atoms with Crippen molar-refractivity contribution in [3.63, 3.8) is 0 Å². The molecule has 0 bridgehead atoms. The third-order valence-corrected chi connectivity index (χ3v) is 6.04. The van der Waals surface area contributed by atoms with Crippen molar-refractivity contribution >= 4 is 5.91 Å². The molecule has 1 amide bonds. The number of rotatable bonds is 8. The number of hydrogen-bond acceptors (Lipinski definition) is 4. The molecule has 0 radical (unpaired) electrons. The van der Waals surface area contributed by atoms with Crippen LogP contribution in [-0.4, -0.2) is 26.6 Å². The first-order chi connectivity index (χ1) is 17.4. The van der Waals surface area contributed by atoms with Crippen LogP contribution in [0.15, 0.2) is 59.5 Å². The summed E-state index contributed by atoms with van der Waals surface area (Å²) < 4.78 is 77.8. The summed E-state index contributed by atoms with van der Waals surface area (Å²) in [7, 11) is 0. The SMILES string of the molecule is O=C(Cn1c(CCCC(F)(F)F)nc(-c2ccc(C(F)(F)F)cc2)cc1=O)NC1(c2ccccn2)CC1. The summed E-state index contributed by atoms with van der Waals surface area (Å²) in [5.41, 5.74) is -1.41. The Balaban J connectivity index is 1.60. The van der Waals surface area contributed by atoms with Crippen molar-refractivity contribution in [3.8, 4) is 11.3 Å². The van der Waals surface area contributed by atoms with E-state index >= 15 is 0 Å². The standard InChI is InChI=1S/C25H22F6N4O2/c26-24(27,28)10-3-5-20-33-18(16-6-8-17(9-7-16)25(29,30)31)14-22(37)35(20)15-21(36)34-23(11-12-23)19-4-1-2-13-32-19/h1-2,4,6-9,13-14H,3,5,10-12,15H2,(H,34,36). The number of carbonyl (C=O) groups excluding carboxylic acids is 1. The first-order valence-electron chi connectivity index (χ1n) is 11.4. The second-order valence-corrected chi connectivity index (χ2v) is 8.87. The van der Waals surface area contributed by atoms with E-state index in [1.54, 1.807) is 24.4 Å². The smallest absolute Gasteiger partial charge is 0.343 e. The van der Waals surface area contributed by atoms with Crippen molar-refractivity contribution in [1.82, 2.24) is 19.9 Å². The lowest BCUT2D eigenvalue weighted by Crippen LogP contribution is -2.40. The minimum Gasteiger partial charge on any atom is -0.343 e. The molecule has 12 heteroatoms. The Morgan fingerprint density at radius 3 is 2.30 bits per heavy atom. The van der Waals surface area contributed by atoms with Gasteiger partial charge in [0.2, 0.25) is 5.91 Å². The number of nitrogens with one attached hydrogen (secondary N) is 1. The first-order valence-corrected chi connectivity index (χ1v) is 11.4. The Morgan fingerprint density at radius 2 is 1.73 bits per heavy atom. The van der Waals surface area contributed by atoms with Crippen molar-refractivity contribution in [2.24, 2.45) is 0 Å². The summed E-state index contributed by atoms with van der Waals surface area (Å²) in [5, 5.41) is 2.86. The molecule has 6 nitrogen and oxygen atoms in total. The number of carbonyl (C=O) groups is 1. The van der Waals surface area contributed by atoms with Crippen LogP contribution in [0.25, 0.3) is 11.3 Å². The number of pyridine rings is 1. The van der Waals surface area contributed by atoms with Gasteiger partial charge in [-0.25, -0.2) is 4.98 Å². The second-order valence-electron chi connectivity index (χ2n) is 8.87. The second kappa shape index (κ2) is 9.98. The molecule has 3 aromatic rings. The Kier molecular flexibility index (Phi) is 7.11. The molecule has 2 heterocycles. The number of aromatic nitrogens is 3. The zero-order chi connectivity index (χ0) is 26.8. The van der Waals surface area contributed by atoms with Gasteiger partial charge in [-0.2, -0.15) is 26.3 Å². The van der Waals surface area contributed by atoms with Gasteiger partial charge in [0.25, 0.3) is 5.56 Å². The van der Waals surface area contributed by atoms with E-state index in [0.717, 1.165) is 34.9 Å². The van der Waals surface area contributed by atoms with Gasteiger partial charge in [-0.15, -0.1) is 0 Å². The summed E-state index contributed by atoms with van der Waals surface area (Å²) >= 11 is 0. The van der Waals surface area contributed by atoms with Crippen molar-refractivity contribution in [2.45, 2.75) is 56.5 Å². The van der Waals surface area contributed by atoms with Gasteiger partial charge >= 0.3 is 12.4 Å². The first kappa shape index (κ1) is 26.4. The molecule has 0 aliphatic heterocycles.